The highest BCUT2D eigenvalue weighted by Crippen LogP contribution is 2.18. The zero-order valence-electron chi connectivity index (χ0n) is 12.7. The van der Waals surface area contributed by atoms with Crippen LogP contribution in [0.1, 0.15) is 52.4 Å². The summed E-state index contributed by atoms with van der Waals surface area (Å²) in [5, 5.41) is 0. The van der Waals surface area contributed by atoms with Crippen LogP contribution < -0.4 is 0 Å². The molecule has 5 nitrogen and oxygen atoms in total. The van der Waals surface area contributed by atoms with Crippen LogP contribution in [0.3, 0.4) is 0 Å². The molecule has 116 valence electrons. The van der Waals surface area contributed by atoms with Crippen molar-refractivity contribution in [2.75, 3.05) is 26.3 Å². The van der Waals surface area contributed by atoms with Crippen molar-refractivity contribution in [1.29, 1.82) is 0 Å². The van der Waals surface area contributed by atoms with E-state index in [0.717, 1.165) is 45.2 Å². The first-order chi connectivity index (χ1) is 9.69. The molecule has 0 aromatic heterocycles. The molecule has 1 atom stereocenters. The van der Waals surface area contributed by atoms with Crippen LogP contribution in [0.2, 0.25) is 0 Å². The van der Waals surface area contributed by atoms with E-state index >= 15 is 0 Å². The van der Waals surface area contributed by atoms with Crippen molar-refractivity contribution in [2.45, 2.75) is 58.4 Å². The van der Waals surface area contributed by atoms with Gasteiger partial charge in [0.25, 0.3) is 0 Å². The molecule has 0 saturated carbocycles. The number of rotatable bonds is 7. The molecule has 0 aromatic rings. The van der Waals surface area contributed by atoms with E-state index in [1.54, 1.807) is 0 Å². The van der Waals surface area contributed by atoms with Gasteiger partial charge in [-0.1, -0.05) is 12.8 Å². The molecule has 0 bridgehead atoms. The highest BCUT2D eigenvalue weighted by Gasteiger charge is 2.28. The lowest BCUT2D eigenvalue weighted by molar-refractivity contribution is -0.149. The summed E-state index contributed by atoms with van der Waals surface area (Å²) in [4.78, 5) is 25.5. The van der Waals surface area contributed by atoms with Gasteiger partial charge in [-0.25, -0.2) is 0 Å². The second-order valence-electron chi connectivity index (χ2n) is 5.06. The van der Waals surface area contributed by atoms with E-state index in [-0.39, 0.29) is 18.0 Å². The Morgan fingerprint density at radius 1 is 1.10 bits per heavy atom. The predicted molar refractivity (Wildman–Crippen MR) is 76.3 cm³/mol. The van der Waals surface area contributed by atoms with Gasteiger partial charge in [0.1, 0.15) is 6.04 Å². The molecular formula is C15H27NO4. The Morgan fingerprint density at radius 2 is 1.85 bits per heavy atom. The third-order valence-corrected chi connectivity index (χ3v) is 3.55. The number of hydrogen-bond donors (Lipinski definition) is 0. The van der Waals surface area contributed by atoms with Crippen molar-refractivity contribution in [3.8, 4) is 0 Å². The fraction of sp³-hybridized carbons (Fsp3) is 0.867. The Labute approximate surface area is 121 Å². The van der Waals surface area contributed by atoms with Gasteiger partial charge in [-0.2, -0.15) is 0 Å². The Balaban J connectivity index is 2.44. The second-order valence-corrected chi connectivity index (χ2v) is 5.06. The standard InChI is InChI=1S/C15H27NO4/c1-3-19-14(17)10-8-12-16-11-7-5-6-9-13(16)15(18)20-4-2/h13H,3-12H2,1-2H3. The number of nitrogens with zero attached hydrogens (tertiary/aromatic N) is 1. The first-order valence-corrected chi connectivity index (χ1v) is 7.75. The van der Waals surface area contributed by atoms with Crippen LogP contribution in [0.15, 0.2) is 0 Å². The minimum absolute atomic E-state index is 0.120. The molecular weight excluding hydrogens is 258 g/mol. The van der Waals surface area contributed by atoms with Crippen molar-refractivity contribution in [3.63, 3.8) is 0 Å². The molecule has 1 aliphatic heterocycles. The molecule has 1 rings (SSSR count). The third-order valence-electron chi connectivity index (χ3n) is 3.55. The number of esters is 2. The summed E-state index contributed by atoms with van der Waals surface area (Å²) >= 11 is 0. The van der Waals surface area contributed by atoms with E-state index in [2.05, 4.69) is 4.90 Å². The minimum atomic E-state index is -0.157. The van der Waals surface area contributed by atoms with E-state index in [0.29, 0.717) is 19.6 Å². The molecule has 1 fully saturated rings. The SMILES string of the molecule is CCOC(=O)CCCN1CCCCCC1C(=O)OCC. The second kappa shape index (κ2) is 9.75. The number of carbonyl (C=O) groups is 2. The van der Waals surface area contributed by atoms with Crippen LogP contribution in [0, 0.1) is 0 Å². The third kappa shape index (κ3) is 5.90. The summed E-state index contributed by atoms with van der Waals surface area (Å²) < 4.78 is 10.1. The van der Waals surface area contributed by atoms with Crippen molar-refractivity contribution >= 4 is 11.9 Å². The number of ether oxygens (including phenoxy) is 2. The molecule has 0 spiro atoms. The van der Waals surface area contributed by atoms with Crippen molar-refractivity contribution in [3.05, 3.63) is 0 Å². The van der Waals surface area contributed by atoms with Crippen LogP contribution in [-0.2, 0) is 19.1 Å². The number of carbonyl (C=O) groups excluding carboxylic acids is 2. The van der Waals surface area contributed by atoms with Gasteiger partial charge in [-0.15, -0.1) is 0 Å². The smallest absolute Gasteiger partial charge is 0.323 e. The van der Waals surface area contributed by atoms with E-state index in [4.69, 9.17) is 9.47 Å². The lowest BCUT2D eigenvalue weighted by Crippen LogP contribution is -2.42. The fourth-order valence-corrected chi connectivity index (χ4v) is 2.60. The van der Waals surface area contributed by atoms with E-state index < -0.39 is 0 Å². The van der Waals surface area contributed by atoms with Crippen molar-refractivity contribution in [2.24, 2.45) is 0 Å². The van der Waals surface area contributed by atoms with Crippen LogP contribution in [-0.4, -0.2) is 49.2 Å². The summed E-state index contributed by atoms with van der Waals surface area (Å²) in [6, 6.07) is -0.139. The molecule has 1 heterocycles. The normalized spacial score (nSPS) is 20.2. The average Bonchev–Trinajstić information content (AvgIpc) is 2.65. The molecule has 1 unspecified atom stereocenters. The van der Waals surface area contributed by atoms with Crippen LogP contribution in [0.4, 0.5) is 0 Å². The number of likely N-dealkylation sites (tertiary alicyclic amines) is 1. The maximum Gasteiger partial charge on any atom is 0.323 e. The average molecular weight is 285 g/mol. The Morgan fingerprint density at radius 3 is 2.55 bits per heavy atom. The van der Waals surface area contributed by atoms with Gasteiger partial charge in [0.2, 0.25) is 0 Å². The van der Waals surface area contributed by atoms with Crippen molar-refractivity contribution in [1.82, 2.24) is 4.90 Å². The summed E-state index contributed by atoms with van der Waals surface area (Å²) in [7, 11) is 0. The summed E-state index contributed by atoms with van der Waals surface area (Å²) in [6.45, 7) is 6.15. The molecule has 0 aromatic carbocycles. The molecule has 0 amide bonds. The van der Waals surface area contributed by atoms with Crippen LogP contribution in [0.25, 0.3) is 0 Å². The molecule has 0 radical (unpaired) electrons. The first kappa shape index (κ1) is 17.0. The monoisotopic (exact) mass is 285 g/mol. The molecule has 20 heavy (non-hydrogen) atoms. The van der Waals surface area contributed by atoms with Gasteiger partial charge in [-0.05, 0) is 46.2 Å². The maximum atomic E-state index is 12.0. The van der Waals surface area contributed by atoms with E-state index in [9.17, 15) is 9.59 Å². The highest BCUT2D eigenvalue weighted by atomic mass is 16.5. The van der Waals surface area contributed by atoms with Gasteiger partial charge < -0.3 is 9.47 Å². The zero-order chi connectivity index (χ0) is 14.8. The fourth-order valence-electron chi connectivity index (χ4n) is 2.60. The van der Waals surface area contributed by atoms with Crippen LogP contribution >= 0.6 is 0 Å². The lowest BCUT2D eigenvalue weighted by Gasteiger charge is -2.27. The zero-order valence-corrected chi connectivity index (χ0v) is 12.7. The summed E-state index contributed by atoms with van der Waals surface area (Å²) in [6.07, 6.45) is 5.34. The molecule has 1 aliphatic rings. The van der Waals surface area contributed by atoms with Gasteiger partial charge in [0.05, 0.1) is 13.2 Å². The summed E-state index contributed by atoms with van der Waals surface area (Å²) in [5.74, 6) is -0.277. The van der Waals surface area contributed by atoms with Gasteiger partial charge in [0.15, 0.2) is 0 Å². The largest absolute Gasteiger partial charge is 0.466 e. The van der Waals surface area contributed by atoms with Gasteiger partial charge >= 0.3 is 11.9 Å². The van der Waals surface area contributed by atoms with Gasteiger partial charge in [0, 0.05) is 6.42 Å². The first-order valence-electron chi connectivity index (χ1n) is 7.75. The van der Waals surface area contributed by atoms with E-state index in [1.807, 2.05) is 13.8 Å². The van der Waals surface area contributed by atoms with Crippen molar-refractivity contribution < 1.29 is 19.1 Å². The van der Waals surface area contributed by atoms with Crippen LogP contribution in [0.5, 0.6) is 0 Å². The Hall–Kier alpha value is -1.10. The molecule has 1 saturated heterocycles. The quantitative estimate of drug-likeness (QED) is 0.671. The topological polar surface area (TPSA) is 55.8 Å². The summed E-state index contributed by atoms with van der Waals surface area (Å²) in [5.41, 5.74) is 0. The highest BCUT2D eigenvalue weighted by molar-refractivity contribution is 5.75. The Kier molecular flexibility index (Phi) is 8.26. The Bertz CT molecular complexity index is 306. The van der Waals surface area contributed by atoms with E-state index in [1.165, 1.54) is 0 Å². The lowest BCUT2D eigenvalue weighted by atomic mass is 10.1. The maximum absolute atomic E-state index is 12.0. The molecule has 0 N–H and O–H groups in total. The molecule has 5 heteroatoms. The molecule has 0 aliphatic carbocycles. The minimum Gasteiger partial charge on any atom is -0.466 e. The predicted octanol–water partition coefficient (Wildman–Crippen LogP) is 2.14. The number of hydrogen-bond acceptors (Lipinski definition) is 5. The van der Waals surface area contributed by atoms with Gasteiger partial charge in [-0.3, -0.25) is 14.5 Å².